The van der Waals surface area contributed by atoms with Crippen LogP contribution in [0.1, 0.15) is 25.3 Å². The van der Waals surface area contributed by atoms with Crippen LogP contribution in [0.3, 0.4) is 0 Å². The quantitative estimate of drug-likeness (QED) is 0.399. The van der Waals surface area contributed by atoms with Gasteiger partial charge in [-0.2, -0.15) is 0 Å². The molecule has 0 N–H and O–H groups in total. The molecule has 7 heteroatoms. The van der Waals surface area contributed by atoms with E-state index in [0.717, 1.165) is 35.3 Å². The number of carbonyl (C=O) groups excluding carboxylic acids is 1. The second-order valence-electron chi connectivity index (χ2n) is 6.37. The topological polar surface area (TPSA) is 69.6 Å². The molecule has 0 saturated heterocycles. The van der Waals surface area contributed by atoms with Crippen LogP contribution in [-0.4, -0.2) is 32.8 Å². The van der Waals surface area contributed by atoms with Crippen molar-refractivity contribution >= 4 is 17.5 Å². The number of fused-ring (bicyclic) bond motifs is 1. The second-order valence-corrected chi connectivity index (χ2v) is 6.37. The van der Waals surface area contributed by atoms with Crippen LogP contribution in [0.2, 0.25) is 0 Å². The van der Waals surface area contributed by atoms with Crippen LogP contribution < -0.4 is 4.90 Å². The van der Waals surface area contributed by atoms with E-state index in [1.54, 1.807) is 12.5 Å². The molecule has 0 radical (unpaired) electrons. The molecule has 7 nitrogen and oxygen atoms in total. The molecule has 0 atom stereocenters. The Kier molecular flexibility index (Phi) is 6.49. The monoisotopic (exact) mass is 384 g/mol. The Balaban J connectivity index is 1.74. The van der Waals surface area contributed by atoms with Crippen molar-refractivity contribution in [3.05, 3.63) is 65.1 Å². The van der Waals surface area contributed by atoms with E-state index in [1.807, 2.05) is 37.3 Å². The molecule has 1 aliphatic carbocycles. The van der Waals surface area contributed by atoms with Gasteiger partial charge in [-0.05, 0) is 48.6 Å². The molecular weight excluding hydrogens is 360 g/mol. The van der Waals surface area contributed by atoms with Gasteiger partial charge in [-0.1, -0.05) is 23.4 Å². The van der Waals surface area contributed by atoms with Gasteiger partial charge in [0.2, 0.25) is 0 Å². The molecule has 0 aromatic heterocycles. The summed E-state index contributed by atoms with van der Waals surface area (Å²) in [6, 6.07) is 7.42. The van der Waals surface area contributed by atoms with Crippen molar-refractivity contribution < 1.29 is 23.8 Å². The van der Waals surface area contributed by atoms with E-state index in [4.69, 9.17) is 19.0 Å². The fourth-order valence-electron chi connectivity index (χ4n) is 3.27. The Hall–Kier alpha value is -3.06. The van der Waals surface area contributed by atoms with Crippen LogP contribution in [0.5, 0.6) is 0 Å². The average Bonchev–Trinajstić information content (AvgIpc) is 3.16. The minimum Gasteiger partial charge on any atom is -0.472 e. The van der Waals surface area contributed by atoms with Crippen molar-refractivity contribution in [2.24, 2.45) is 5.16 Å². The number of nitrogens with zero attached hydrogens (tertiary/aromatic N) is 2. The van der Waals surface area contributed by atoms with Crippen molar-refractivity contribution in [3.63, 3.8) is 0 Å². The Labute approximate surface area is 164 Å². The Morgan fingerprint density at radius 1 is 1.25 bits per heavy atom. The first-order chi connectivity index (χ1) is 13.7. The number of amides is 1. The molecule has 1 aromatic rings. The fraction of sp³-hybridized carbons (Fsp3) is 0.333. The summed E-state index contributed by atoms with van der Waals surface area (Å²) < 4.78 is 15.2. The highest BCUT2D eigenvalue weighted by molar-refractivity contribution is 6.00. The normalized spacial score (nSPS) is 15.7. The summed E-state index contributed by atoms with van der Waals surface area (Å²) in [5.41, 5.74) is 5.81. The van der Waals surface area contributed by atoms with E-state index in [0.29, 0.717) is 5.69 Å². The van der Waals surface area contributed by atoms with Crippen LogP contribution in [0, 0.1) is 0 Å². The number of benzene rings is 1. The SMILES string of the molecule is COCN(C(=O)OC)c1ccccc1CON=C(C)C1=C2C=COC=C2CC1. The molecule has 1 aliphatic heterocycles. The lowest BCUT2D eigenvalue weighted by atomic mass is 10.1. The van der Waals surface area contributed by atoms with E-state index in [1.165, 1.54) is 24.7 Å². The first-order valence-corrected chi connectivity index (χ1v) is 8.99. The minimum atomic E-state index is -0.502. The number of anilines is 1. The van der Waals surface area contributed by atoms with Crippen LogP contribution in [0.25, 0.3) is 0 Å². The van der Waals surface area contributed by atoms with E-state index in [-0.39, 0.29) is 13.3 Å². The molecule has 148 valence electrons. The first-order valence-electron chi connectivity index (χ1n) is 8.99. The Bertz CT molecular complexity index is 854. The maximum Gasteiger partial charge on any atom is 0.415 e. The van der Waals surface area contributed by atoms with Crippen molar-refractivity contribution in [3.8, 4) is 0 Å². The number of rotatable bonds is 7. The molecule has 1 aromatic carbocycles. The third-order valence-electron chi connectivity index (χ3n) is 4.63. The molecule has 28 heavy (non-hydrogen) atoms. The molecule has 1 heterocycles. The summed E-state index contributed by atoms with van der Waals surface area (Å²) in [7, 11) is 2.86. The van der Waals surface area contributed by atoms with E-state index >= 15 is 0 Å². The number of ether oxygens (including phenoxy) is 3. The van der Waals surface area contributed by atoms with Gasteiger partial charge in [0, 0.05) is 12.7 Å². The summed E-state index contributed by atoms with van der Waals surface area (Å²) in [6.45, 7) is 2.23. The van der Waals surface area contributed by atoms with Gasteiger partial charge in [-0.15, -0.1) is 0 Å². The van der Waals surface area contributed by atoms with Gasteiger partial charge in [0.25, 0.3) is 0 Å². The highest BCUT2D eigenvalue weighted by Crippen LogP contribution is 2.35. The Morgan fingerprint density at radius 3 is 2.86 bits per heavy atom. The molecule has 0 saturated carbocycles. The van der Waals surface area contributed by atoms with Crippen molar-refractivity contribution in [1.82, 2.24) is 0 Å². The van der Waals surface area contributed by atoms with E-state index in [2.05, 4.69) is 5.16 Å². The van der Waals surface area contributed by atoms with Crippen LogP contribution in [-0.2, 0) is 25.7 Å². The fourth-order valence-corrected chi connectivity index (χ4v) is 3.27. The lowest BCUT2D eigenvalue weighted by molar-refractivity contribution is 0.129. The lowest BCUT2D eigenvalue weighted by Crippen LogP contribution is -2.33. The van der Waals surface area contributed by atoms with Crippen molar-refractivity contribution in [1.29, 1.82) is 0 Å². The van der Waals surface area contributed by atoms with Gasteiger partial charge in [0.1, 0.15) is 13.3 Å². The highest BCUT2D eigenvalue weighted by Gasteiger charge is 2.22. The second kappa shape index (κ2) is 9.23. The predicted molar refractivity (Wildman–Crippen MR) is 106 cm³/mol. The number of hydrogen-bond acceptors (Lipinski definition) is 6. The maximum absolute atomic E-state index is 12.1. The number of oxime groups is 1. The van der Waals surface area contributed by atoms with Gasteiger partial charge in [0.15, 0.2) is 0 Å². The molecule has 1 amide bonds. The molecule has 0 fully saturated rings. The first kappa shape index (κ1) is 19.7. The molecular formula is C21H24N2O5. The predicted octanol–water partition coefficient (Wildman–Crippen LogP) is 4.27. The molecule has 0 spiro atoms. The van der Waals surface area contributed by atoms with Crippen LogP contribution in [0.15, 0.2) is 64.7 Å². The van der Waals surface area contributed by atoms with Gasteiger partial charge in [-0.3, -0.25) is 4.90 Å². The molecule has 0 unspecified atom stereocenters. The number of allylic oxidation sites excluding steroid dienone is 4. The molecule has 3 rings (SSSR count). The minimum absolute atomic E-state index is 0.0751. The van der Waals surface area contributed by atoms with Crippen molar-refractivity contribution in [2.75, 3.05) is 25.9 Å². The van der Waals surface area contributed by atoms with Crippen LogP contribution >= 0.6 is 0 Å². The van der Waals surface area contributed by atoms with Gasteiger partial charge in [-0.25, -0.2) is 4.79 Å². The zero-order chi connectivity index (χ0) is 19.9. The number of carbonyl (C=O) groups is 1. The third kappa shape index (κ3) is 4.26. The van der Waals surface area contributed by atoms with E-state index in [9.17, 15) is 4.79 Å². The smallest absolute Gasteiger partial charge is 0.415 e. The molecule has 0 bridgehead atoms. The van der Waals surface area contributed by atoms with Gasteiger partial charge >= 0.3 is 6.09 Å². The summed E-state index contributed by atoms with van der Waals surface area (Å²) >= 11 is 0. The number of hydrogen-bond donors (Lipinski definition) is 0. The molecule has 2 aliphatic rings. The average molecular weight is 384 g/mol. The van der Waals surface area contributed by atoms with Gasteiger partial charge in [0.05, 0.1) is 31.0 Å². The zero-order valence-corrected chi connectivity index (χ0v) is 16.3. The number of methoxy groups -OCH3 is 2. The van der Waals surface area contributed by atoms with Crippen molar-refractivity contribution in [2.45, 2.75) is 26.4 Å². The summed E-state index contributed by atoms with van der Waals surface area (Å²) in [6.07, 6.45) is 6.77. The largest absolute Gasteiger partial charge is 0.472 e. The Morgan fingerprint density at radius 2 is 2.07 bits per heavy atom. The van der Waals surface area contributed by atoms with Gasteiger partial charge < -0.3 is 19.0 Å². The summed E-state index contributed by atoms with van der Waals surface area (Å²) in [5.74, 6) is 0. The summed E-state index contributed by atoms with van der Waals surface area (Å²) in [5, 5.41) is 4.29. The van der Waals surface area contributed by atoms with E-state index < -0.39 is 6.09 Å². The highest BCUT2D eigenvalue weighted by atomic mass is 16.6. The third-order valence-corrected chi connectivity index (χ3v) is 4.63. The standard InChI is InChI=1S/C21H24N2O5/c1-15(18-9-8-16-12-27-11-10-19(16)18)22-28-13-17-6-4-5-7-20(17)23(14-25-2)21(24)26-3/h4-7,10-12H,8-9,13-14H2,1-3H3. The zero-order valence-electron chi connectivity index (χ0n) is 16.3. The summed E-state index contributed by atoms with van der Waals surface area (Å²) in [4.78, 5) is 19.1. The maximum atomic E-state index is 12.1. The lowest BCUT2D eigenvalue weighted by Gasteiger charge is -2.22. The number of para-hydroxylation sites is 1. The van der Waals surface area contributed by atoms with Crippen LogP contribution in [0.4, 0.5) is 10.5 Å².